The number of carbonyl (C=O) groups is 1. The smallest absolute Gasteiger partial charge is 0.273 e. The fraction of sp³-hybridized carbons (Fsp3) is 0.500. The fourth-order valence-corrected chi connectivity index (χ4v) is 2.84. The second-order valence-electron chi connectivity index (χ2n) is 4.82. The van der Waals surface area contributed by atoms with E-state index < -0.39 is 5.67 Å². The average Bonchev–Trinajstić information content (AvgIpc) is 3.09. The van der Waals surface area contributed by atoms with Crippen molar-refractivity contribution in [1.82, 2.24) is 20.0 Å². The van der Waals surface area contributed by atoms with Crippen LogP contribution in [0.1, 0.15) is 35.0 Å². The molecule has 1 amide bonds. The Hall–Kier alpha value is -1.83. The molecule has 1 saturated heterocycles. The highest BCUT2D eigenvalue weighted by molar-refractivity contribution is 7.07. The van der Waals surface area contributed by atoms with Gasteiger partial charge in [-0.2, -0.15) is 4.98 Å². The molecule has 2 aromatic heterocycles. The number of rotatable bonds is 2. The normalized spacial score (nSPS) is 23.0. The maximum absolute atomic E-state index is 15.0. The number of hydrogen-bond acceptors (Lipinski definition) is 6. The van der Waals surface area contributed by atoms with Crippen LogP contribution < -0.4 is 0 Å². The number of aromatic nitrogens is 3. The maximum atomic E-state index is 15.0. The molecule has 20 heavy (non-hydrogen) atoms. The highest BCUT2D eigenvalue weighted by Gasteiger charge is 2.43. The lowest BCUT2D eigenvalue weighted by Gasteiger charge is -2.34. The van der Waals surface area contributed by atoms with Crippen LogP contribution in [0.15, 0.2) is 15.4 Å². The van der Waals surface area contributed by atoms with Gasteiger partial charge in [0, 0.05) is 11.9 Å². The molecule has 0 bridgehead atoms. The van der Waals surface area contributed by atoms with Crippen molar-refractivity contribution in [3.63, 3.8) is 0 Å². The summed E-state index contributed by atoms with van der Waals surface area (Å²) >= 11 is 1.34. The van der Waals surface area contributed by atoms with Crippen LogP contribution in [0.2, 0.25) is 0 Å². The summed E-state index contributed by atoms with van der Waals surface area (Å²) in [5.74, 6) is 0.0787. The van der Waals surface area contributed by atoms with E-state index in [9.17, 15) is 9.18 Å². The summed E-state index contributed by atoms with van der Waals surface area (Å²) in [6.45, 7) is 2.07. The Bertz CT molecular complexity index is 615. The SMILES string of the molecule is Cc1noc(C2(F)CCCN(C(=O)c3cscn3)C2)n1. The van der Waals surface area contributed by atoms with Crippen LogP contribution in [0.4, 0.5) is 4.39 Å². The van der Waals surface area contributed by atoms with E-state index in [1.54, 1.807) is 17.8 Å². The molecule has 1 unspecified atom stereocenters. The van der Waals surface area contributed by atoms with E-state index in [0.717, 1.165) is 0 Å². The maximum Gasteiger partial charge on any atom is 0.273 e. The Labute approximate surface area is 118 Å². The Kier molecular flexibility index (Phi) is 3.25. The number of carbonyl (C=O) groups excluding carboxylic acids is 1. The summed E-state index contributed by atoms with van der Waals surface area (Å²) in [6, 6.07) is 0. The number of nitrogens with zero attached hydrogens (tertiary/aromatic N) is 4. The standard InChI is InChI=1S/C12H13FN4O2S/c1-8-15-11(19-16-8)12(13)3-2-4-17(6-12)10(18)9-5-20-7-14-9/h5,7H,2-4,6H2,1H3. The first-order chi connectivity index (χ1) is 9.58. The Balaban J connectivity index is 1.81. The predicted octanol–water partition coefficient (Wildman–Crippen LogP) is 1.94. The third kappa shape index (κ3) is 2.31. The molecule has 0 N–H and O–H groups in total. The van der Waals surface area contributed by atoms with Crippen molar-refractivity contribution in [2.24, 2.45) is 0 Å². The van der Waals surface area contributed by atoms with E-state index in [2.05, 4.69) is 15.1 Å². The van der Waals surface area contributed by atoms with Crippen LogP contribution in [-0.2, 0) is 5.67 Å². The number of thiazole rings is 1. The highest BCUT2D eigenvalue weighted by atomic mass is 32.1. The van der Waals surface area contributed by atoms with Crippen molar-refractivity contribution in [2.45, 2.75) is 25.4 Å². The highest BCUT2D eigenvalue weighted by Crippen LogP contribution is 2.35. The van der Waals surface area contributed by atoms with Gasteiger partial charge in [-0.25, -0.2) is 9.37 Å². The summed E-state index contributed by atoms with van der Waals surface area (Å²) in [7, 11) is 0. The van der Waals surface area contributed by atoms with Crippen LogP contribution in [-0.4, -0.2) is 39.0 Å². The number of piperidine rings is 1. The zero-order valence-corrected chi connectivity index (χ0v) is 11.7. The zero-order chi connectivity index (χ0) is 14.2. The monoisotopic (exact) mass is 296 g/mol. The summed E-state index contributed by atoms with van der Waals surface area (Å²) in [5.41, 5.74) is 0.160. The first-order valence-electron chi connectivity index (χ1n) is 6.26. The molecule has 6 nitrogen and oxygen atoms in total. The number of aryl methyl sites for hydroxylation is 1. The molecular formula is C12H13FN4O2S. The average molecular weight is 296 g/mol. The van der Waals surface area contributed by atoms with Crippen LogP contribution >= 0.6 is 11.3 Å². The van der Waals surface area contributed by atoms with E-state index in [1.807, 2.05) is 0 Å². The minimum atomic E-state index is -1.77. The third-order valence-corrected chi connectivity index (χ3v) is 3.88. The lowest BCUT2D eigenvalue weighted by atomic mass is 9.94. The van der Waals surface area contributed by atoms with Gasteiger partial charge in [-0.1, -0.05) is 5.16 Å². The molecule has 106 valence electrons. The first-order valence-corrected chi connectivity index (χ1v) is 7.20. The molecule has 0 aliphatic carbocycles. The van der Waals surface area contributed by atoms with Gasteiger partial charge in [-0.15, -0.1) is 11.3 Å². The lowest BCUT2D eigenvalue weighted by molar-refractivity contribution is 0.0150. The van der Waals surface area contributed by atoms with E-state index in [-0.39, 0.29) is 24.8 Å². The van der Waals surface area contributed by atoms with Crippen LogP contribution in [0.3, 0.4) is 0 Å². The van der Waals surface area contributed by atoms with Gasteiger partial charge in [0.25, 0.3) is 11.8 Å². The van der Waals surface area contributed by atoms with Gasteiger partial charge >= 0.3 is 0 Å². The van der Waals surface area contributed by atoms with Crippen molar-refractivity contribution < 1.29 is 13.7 Å². The van der Waals surface area contributed by atoms with Crippen molar-refractivity contribution >= 4 is 17.2 Å². The minimum Gasteiger partial charge on any atom is -0.336 e. The Morgan fingerprint density at radius 3 is 3.10 bits per heavy atom. The van der Waals surface area contributed by atoms with Gasteiger partial charge in [0.05, 0.1) is 12.1 Å². The molecule has 2 aromatic rings. The number of amides is 1. The summed E-state index contributed by atoms with van der Waals surface area (Å²) in [4.78, 5) is 21.6. The Morgan fingerprint density at radius 1 is 1.60 bits per heavy atom. The number of hydrogen-bond donors (Lipinski definition) is 0. The predicted molar refractivity (Wildman–Crippen MR) is 69.1 cm³/mol. The number of likely N-dealkylation sites (tertiary alicyclic amines) is 1. The number of halogens is 1. The molecule has 0 saturated carbocycles. The van der Waals surface area contributed by atoms with Gasteiger partial charge < -0.3 is 9.42 Å². The van der Waals surface area contributed by atoms with Gasteiger partial charge in [0.2, 0.25) is 5.67 Å². The van der Waals surface area contributed by atoms with Gasteiger partial charge in [-0.05, 0) is 19.8 Å². The number of alkyl halides is 1. The quantitative estimate of drug-likeness (QED) is 0.846. The van der Waals surface area contributed by atoms with Gasteiger partial charge in [0.1, 0.15) is 5.69 Å². The molecule has 0 radical (unpaired) electrons. The van der Waals surface area contributed by atoms with Crippen LogP contribution in [0.5, 0.6) is 0 Å². The van der Waals surface area contributed by atoms with Crippen molar-refractivity contribution in [2.75, 3.05) is 13.1 Å². The van der Waals surface area contributed by atoms with E-state index in [0.29, 0.717) is 24.5 Å². The van der Waals surface area contributed by atoms with Gasteiger partial charge in [-0.3, -0.25) is 4.79 Å². The van der Waals surface area contributed by atoms with E-state index in [1.165, 1.54) is 16.2 Å². The summed E-state index contributed by atoms with van der Waals surface area (Å²) < 4.78 is 19.9. The molecule has 1 atom stereocenters. The minimum absolute atomic E-state index is 0.0502. The van der Waals surface area contributed by atoms with Crippen molar-refractivity contribution in [1.29, 1.82) is 0 Å². The Morgan fingerprint density at radius 2 is 2.45 bits per heavy atom. The second kappa shape index (κ2) is 4.93. The van der Waals surface area contributed by atoms with Crippen LogP contribution in [0, 0.1) is 6.92 Å². The molecule has 1 aliphatic rings. The molecule has 1 fully saturated rings. The van der Waals surface area contributed by atoms with Crippen molar-refractivity contribution in [3.8, 4) is 0 Å². The molecule has 3 rings (SSSR count). The molecular weight excluding hydrogens is 283 g/mol. The zero-order valence-electron chi connectivity index (χ0n) is 10.9. The topological polar surface area (TPSA) is 72.1 Å². The molecule has 8 heteroatoms. The van der Waals surface area contributed by atoms with E-state index >= 15 is 0 Å². The van der Waals surface area contributed by atoms with Crippen LogP contribution in [0.25, 0.3) is 0 Å². The third-order valence-electron chi connectivity index (χ3n) is 3.29. The molecule has 3 heterocycles. The first kappa shape index (κ1) is 13.2. The van der Waals surface area contributed by atoms with Crippen molar-refractivity contribution in [3.05, 3.63) is 28.3 Å². The molecule has 1 aliphatic heterocycles. The second-order valence-corrected chi connectivity index (χ2v) is 5.53. The lowest BCUT2D eigenvalue weighted by Crippen LogP contribution is -2.46. The summed E-state index contributed by atoms with van der Waals surface area (Å²) in [5, 5.41) is 5.28. The molecule has 0 spiro atoms. The molecule has 0 aromatic carbocycles. The van der Waals surface area contributed by atoms with Gasteiger partial charge in [0.15, 0.2) is 5.82 Å². The largest absolute Gasteiger partial charge is 0.336 e. The van der Waals surface area contributed by atoms with E-state index in [4.69, 9.17) is 4.52 Å². The summed E-state index contributed by atoms with van der Waals surface area (Å²) in [6.07, 6.45) is 0.823. The fourth-order valence-electron chi connectivity index (χ4n) is 2.32.